The summed E-state index contributed by atoms with van der Waals surface area (Å²) in [6, 6.07) is 3.26. The van der Waals surface area contributed by atoms with Gasteiger partial charge in [0.05, 0.1) is 31.9 Å². The second-order valence-corrected chi connectivity index (χ2v) is 4.80. The van der Waals surface area contributed by atoms with E-state index in [9.17, 15) is 9.59 Å². The number of aromatic nitrogens is 1. The molecule has 1 aliphatic rings. The van der Waals surface area contributed by atoms with E-state index in [2.05, 4.69) is 10.3 Å². The third-order valence-corrected chi connectivity index (χ3v) is 3.31. The lowest BCUT2D eigenvalue weighted by Gasteiger charge is -2.30. The van der Waals surface area contributed by atoms with Crippen LogP contribution in [0.2, 0.25) is 0 Å². The molecule has 2 heterocycles. The number of imide groups is 1. The minimum absolute atomic E-state index is 0.188. The molecule has 1 aromatic heterocycles. The Labute approximate surface area is 118 Å². The number of hydrogen-bond acceptors (Lipinski definition) is 5. The molecule has 1 aromatic rings. The van der Waals surface area contributed by atoms with Crippen LogP contribution in [0.3, 0.4) is 0 Å². The molecule has 2 amide bonds. The molecule has 1 unspecified atom stereocenters. The van der Waals surface area contributed by atoms with Crippen LogP contribution < -0.4 is 10.1 Å². The Morgan fingerprint density at radius 1 is 1.45 bits per heavy atom. The van der Waals surface area contributed by atoms with E-state index in [4.69, 9.17) is 4.74 Å². The molecule has 6 heteroatoms. The van der Waals surface area contributed by atoms with Gasteiger partial charge in [-0.3, -0.25) is 24.8 Å². The highest BCUT2D eigenvalue weighted by atomic mass is 16.5. The highest BCUT2D eigenvalue weighted by Crippen LogP contribution is 2.16. The predicted octanol–water partition coefficient (Wildman–Crippen LogP) is 0.636. The van der Waals surface area contributed by atoms with Crippen LogP contribution in [0.1, 0.15) is 24.7 Å². The lowest BCUT2D eigenvalue weighted by molar-refractivity contribution is -0.150. The largest absolute Gasteiger partial charge is 0.497 e. The van der Waals surface area contributed by atoms with Gasteiger partial charge in [-0.15, -0.1) is 0 Å². The molecule has 1 saturated heterocycles. The summed E-state index contributed by atoms with van der Waals surface area (Å²) in [7, 11) is 1.58. The zero-order valence-electron chi connectivity index (χ0n) is 12.0. The molecular formula is C14H19N3O3. The number of nitrogens with one attached hydrogen (secondary N) is 1. The van der Waals surface area contributed by atoms with Gasteiger partial charge in [0.25, 0.3) is 0 Å². The van der Waals surface area contributed by atoms with Gasteiger partial charge < -0.3 is 4.74 Å². The van der Waals surface area contributed by atoms with Gasteiger partial charge >= 0.3 is 0 Å². The molecular weight excluding hydrogens is 258 g/mol. The van der Waals surface area contributed by atoms with Crippen LogP contribution in [0.25, 0.3) is 0 Å². The van der Waals surface area contributed by atoms with Crippen LogP contribution in [-0.2, 0) is 16.1 Å². The molecule has 108 valence electrons. The molecule has 0 saturated carbocycles. The second-order valence-electron chi connectivity index (χ2n) is 4.80. The SMILES string of the molecule is CCC1NCC(=O)N(Cc2cc(OC)cc(C)n2)C1=O. The Hall–Kier alpha value is -1.95. The van der Waals surface area contributed by atoms with Crippen molar-refractivity contribution in [3.8, 4) is 5.75 Å². The number of hydrogen-bond donors (Lipinski definition) is 1. The van der Waals surface area contributed by atoms with E-state index in [1.165, 1.54) is 4.90 Å². The Kier molecular flexibility index (Phi) is 4.34. The van der Waals surface area contributed by atoms with E-state index in [1.54, 1.807) is 19.2 Å². The summed E-state index contributed by atoms with van der Waals surface area (Å²) in [5, 5.41) is 2.93. The molecule has 1 atom stereocenters. The van der Waals surface area contributed by atoms with Gasteiger partial charge in [0.15, 0.2) is 0 Å². The number of pyridine rings is 1. The van der Waals surface area contributed by atoms with Crippen LogP contribution in [0.4, 0.5) is 0 Å². The number of amides is 2. The van der Waals surface area contributed by atoms with E-state index >= 15 is 0 Å². The van der Waals surface area contributed by atoms with Crippen LogP contribution >= 0.6 is 0 Å². The maximum absolute atomic E-state index is 12.2. The lowest BCUT2D eigenvalue weighted by atomic mass is 10.1. The average molecular weight is 277 g/mol. The molecule has 0 spiro atoms. The van der Waals surface area contributed by atoms with Crippen molar-refractivity contribution in [1.82, 2.24) is 15.2 Å². The molecule has 6 nitrogen and oxygen atoms in total. The van der Waals surface area contributed by atoms with Crippen molar-refractivity contribution >= 4 is 11.8 Å². The molecule has 0 bridgehead atoms. The minimum atomic E-state index is -0.292. The van der Waals surface area contributed by atoms with Gasteiger partial charge in [0, 0.05) is 17.8 Å². The first-order valence-electron chi connectivity index (χ1n) is 6.64. The van der Waals surface area contributed by atoms with Crippen LogP contribution in [0.15, 0.2) is 12.1 Å². The molecule has 0 aromatic carbocycles. The third-order valence-electron chi connectivity index (χ3n) is 3.31. The van der Waals surface area contributed by atoms with Crippen molar-refractivity contribution in [3.05, 3.63) is 23.5 Å². The Morgan fingerprint density at radius 2 is 2.20 bits per heavy atom. The summed E-state index contributed by atoms with van der Waals surface area (Å²) in [6.45, 7) is 4.14. The van der Waals surface area contributed by atoms with Crippen molar-refractivity contribution in [3.63, 3.8) is 0 Å². The van der Waals surface area contributed by atoms with Gasteiger partial charge in [0.1, 0.15) is 5.75 Å². The van der Waals surface area contributed by atoms with E-state index in [0.717, 1.165) is 5.69 Å². The lowest BCUT2D eigenvalue weighted by Crippen LogP contribution is -2.57. The molecule has 1 aliphatic heterocycles. The highest BCUT2D eigenvalue weighted by Gasteiger charge is 2.33. The fourth-order valence-electron chi connectivity index (χ4n) is 2.25. The van der Waals surface area contributed by atoms with Crippen molar-refractivity contribution in [2.24, 2.45) is 0 Å². The second kappa shape index (κ2) is 6.00. The van der Waals surface area contributed by atoms with Crippen molar-refractivity contribution in [1.29, 1.82) is 0 Å². The first kappa shape index (κ1) is 14.5. The summed E-state index contributed by atoms with van der Waals surface area (Å²) in [5.74, 6) is 0.266. The van der Waals surface area contributed by atoms with Crippen molar-refractivity contribution < 1.29 is 14.3 Å². The molecule has 1 N–H and O–H groups in total. The maximum atomic E-state index is 12.2. The molecule has 20 heavy (non-hydrogen) atoms. The first-order chi connectivity index (χ1) is 9.55. The number of piperazine rings is 1. The first-order valence-corrected chi connectivity index (χ1v) is 6.64. The van der Waals surface area contributed by atoms with Crippen molar-refractivity contribution in [2.45, 2.75) is 32.9 Å². The highest BCUT2D eigenvalue weighted by molar-refractivity contribution is 6.01. The van der Waals surface area contributed by atoms with Gasteiger partial charge in [0.2, 0.25) is 11.8 Å². The Balaban J connectivity index is 2.21. The topological polar surface area (TPSA) is 71.5 Å². The smallest absolute Gasteiger partial charge is 0.246 e. The quantitative estimate of drug-likeness (QED) is 0.818. The number of carbonyl (C=O) groups is 2. The summed E-state index contributed by atoms with van der Waals surface area (Å²) >= 11 is 0. The normalized spacial score (nSPS) is 19.4. The third kappa shape index (κ3) is 2.96. The fourth-order valence-corrected chi connectivity index (χ4v) is 2.25. The van der Waals surface area contributed by atoms with Crippen LogP contribution in [0.5, 0.6) is 5.75 Å². The zero-order valence-corrected chi connectivity index (χ0v) is 12.0. The van der Waals surface area contributed by atoms with Gasteiger partial charge in [-0.05, 0) is 13.3 Å². The number of aryl methyl sites for hydroxylation is 1. The number of methoxy groups -OCH3 is 1. The zero-order chi connectivity index (χ0) is 14.7. The van der Waals surface area contributed by atoms with E-state index in [-0.39, 0.29) is 30.9 Å². The minimum Gasteiger partial charge on any atom is -0.497 e. The average Bonchev–Trinajstić information content (AvgIpc) is 2.43. The monoisotopic (exact) mass is 277 g/mol. The standard InChI is InChI=1S/C14H19N3O3/c1-4-12-14(19)17(13(18)7-15-12)8-10-6-11(20-3)5-9(2)16-10/h5-6,12,15H,4,7-8H2,1-3H3. The predicted molar refractivity (Wildman–Crippen MR) is 73.2 cm³/mol. The summed E-state index contributed by atoms with van der Waals surface area (Å²) in [6.07, 6.45) is 0.660. The number of rotatable bonds is 4. The maximum Gasteiger partial charge on any atom is 0.246 e. The molecule has 0 radical (unpaired) electrons. The number of carbonyl (C=O) groups excluding carboxylic acids is 2. The van der Waals surface area contributed by atoms with Crippen LogP contribution in [0, 0.1) is 6.92 Å². The summed E-state index contributed by atoms with van der Waals surface area (Å²) in [5.41, 5.74) is 1.45. The van der Waals surface area contributed by atoms with Gasteiger partial charge in [-0.2, -0.15) is 0 Å². The van der Waals surface area contributed by atoms with E-state index < -0.39 is 0 Å². The Bertz CT molecular complexity index is 530. The van der Waals surface area contributed by atoms with Crippen molar-refractivity contribution in [2.75, 3.05) is 13.7 Å². The molecule has 2 rings (SSSR count). The summed E-state index contributed by atoms with van der Waals surface area (Å²) < 4.78 is 5.18. The van der Waals surface area contributed by atoms with Gasteiger partial charge in [-0.1, -0.05) is 6.92 Å². The molecule has 1 fully saturated rings. The number of nitrogens with zero attached hydrogens (tertiary/aromatic N) is 2. The molecule has 0 aliphatic carbocycles. The van der Waals surface area contributed by atoms with E-state index in [1.807, 2.05) is 13.8 Å². The van der Waals surface area contributed by atoms with Crippen LogP contribution in [-0.4, -0.2) is 41.4 Å². The summed E-state index contributed by atoms with van der Waals surface area (Å²) in [4.78, 5) is 29.7. The van der Waals surface area contributed by atoms with Gasteiger partial charge in [-0.25, -0.2) is 0 Å². The Morgan fingerprint density at radius 3 is 2.85 bits per heavy atom. The van der Waals surface area contributed by atoms with E-state index in [0.29, 0.717) is 17.9 Å². The fraction of sp³-hybridized carbons (Fsp3) is 0.500. The number of ether oxygens (including phenoxy) is 1.